The van der Waals surface area contributed by atoms with Crippen LogP contribution in [0, 0.1) is 5.41 Å². The number of thiophene rings is 1. The molecule has 4 heterocycles. The topological polar surface area (TPSA) is 98.8 Å². The summed E-state index contributed by atoms with van der Waals surface area (Å²) in [4.78, 5) is 3.85. The van der Waals surface area contributed by atoms with Crippen LogP contribution in [0.5, 0.6) is 5.75 Å². The summed E-state index contributed by atoms with van der Waals surface area (Å²) in [7, 11) is 0. The summed E-state index contributed by atoms with van der Waals surface area (Å²) >= 11 is 1.79. The van der Waals surface area contributed by atoms with Gasteiger partial charge in [0.05, 0.1) is 18.4 Å². The highest BCUT2D eigenvalue weighted by atomic mass is 32.1. The molecule has 2 atom stereocenters. The summed E-state index contributed by atoms with van der Waals surface area (Å²) in [5.41, 5.74) is 14.2. The van der Waals surface area contributed by atoms with E-state index in [1.54, 1.807) is 11.3 Å². The van der Waals surface area contributed by atoms with Crippen LogP contribution in [0.1, 0.15) is 33.6 Å². The van der Waals surface area contributed by atoms with Gasteiger partial charge in [0, 0.05) is 46.8 Å². The molecule has 0 saturated carbocycles. The van der Waals surface area contributed by atoms with E-state index in [9.17, 15) is 0 Å². The molecule has 0 radical (unpaired) electrons. The van der Waals surface area contributed by atoms with E-state index in [0.717, 1.165) is 54.2 Å². The van der Waals surface area contributed by atoms with Crippen molar-refractivity contribution in [3.8, 4) is 5.75 Å². The predicted molar refractivity (Wildman–Crippen MR) is 141 cm³/mol. The zero-order chi connectivity index (χ0) is 23.8. The Balaban J connectivity index is 1.20. The number of benzene rings is 2. The molecule has 7 nitrogen and oxygen atoms in total. The monoisotopic (exact) mass is 484 g/mol. The van der Waals surface area contributed by atoms with Crippen LogP contribution in [0.2, 0.25) is 0 Å². The number of ether oxygens (including phenoxy) is 1. The van der Waals surface area contributed by atoms with Gasteiger partial charge in [0.1, 0.15) is 11.9 Å². The van der Waals surface area contributed by atoms with Gasteiger partial charge in [-0.25, -0.2) is 0 Å². The van der Waals surface area contributed by atoms with Crippen molar-refractivity contribution in [3.63, 3.8) is 0 Å². The van der Waals surface area contributed by atoms with Gasteiger partial charge in [0.25, 0.3) is 0 Å². The number of fused-ring (bicyclic) bond motifs is 1. The fourth-order valence-corrected chi connectivity index (χ4v) is 5.68. The molecular weight excluding hydrogens is 456 g/mol. The number of hydrogen-bond acceptors (Lipinski definition) is 8. The van der Waals surface area contributed by atoms with Crippen LogP contribution in [0.15, 0.2) is 71.2 Å². The van der Waals surface area contributed by atoms with E-state index in [0.29, 0.717) is 23.6 Å². The Bertz CT molecular complexity index is 1320. The van der Waals surface area contributed by atoms with E-state index >= 15 is 0 Å². The Labute approximate surface area is 208 Å². The van der Waals surface area contributed by atoms with E-state index in [2.05, 4.69) is 50.4 Å². The Morgan fingerprint density at radius 3 is 3.03 bits per heavy atom. The number of hydrogen-bond donors (Lipinski definition) is 4. The molecule has 35 heavy (non-hydrogen) atoms. The molecule has 0 bridgehead atoms. The van der Waals surface area contributed by atoms with Gasteiger partial charge < -0.3 is 15.8 Å². The summed E-state index contributed by atoms with van der Waals surface area (Å²) < 4.78 is 5.61. The molecule has 0 amide bonds. The van der Waals surface area contributed by atoms with E-state index < -0.39 is 0 Å². The number of anilines is 1. The lowest BCUT2D eigenvalue weighted by Crippen LogP contribution is -2.54. The first-order valence-electron chi connectivity index (χ1n) is 11.9. The minimum Gasteiger partial charge on any atom is -0.493 e. The van der Waals surface area contributed by atoms with Crippen LogP contribution < -0.4 is 21.2 Å². The molecule has 6 rings (SSSR count). The normalized spacial score (nSPS) is 21.1. The maximum absolute atomic E-state index is 8.85. The SMILES string of the molecule is N=C(c1ccc2c(c1)CCO2)c1cc(C2=NNC(C3CC=CCN3Cc3cccs3)N2)ccc1N. The minimum absolute atomic E-state index is 0.00655. The van der Waals surface area contributed by atoms with Crippen molar-refractivity contribution >= 4 is 28.6 Å². The molecule has 3 aliphatic heterocycles. The van der Waals surface area contributed by atoms with Crippen molar-refractivity contribution in [3.05, 3.63) is 93.2 Å². The highest BCUT2D eigenvalue weighted by Gasteiger charge is 2.32. The summed E-state index contributed by atoms with van der Waals surface area (Å²) in [5.74, 6) is 1.69. The lowest BCUT2D eigenvalue weighted by molar-refractivity contribution is 0.157. The highest BCUT2D eigenvalue weighted by molar-refractivity contribution is 7.09. The Hall–Kier alpha value is -3.62. The molecule has 0 aliphatic carbocycles. The van der Waals surface area contributed by atoms with Crippen LogP contribution in [0.3, 0.4) is 0 Å². The van der Waals surface area contributed by atoms with Crippen LogP contribution in [0.25, 0.3) is 0 Å². The zero-order valence-corrected chi connectivity index (χ0v) is 20.1. The second-order valence-corrected chi connectivity index (χ2v) is 10.1. The average Bonchev–Trinajstić information content (AvgIpc) is 3.66. The summed E-state index contributed by atoms with van der Waals surface area (Å²) in [6, 6.07) is 16.3. The second-order valence-electron chi connectivity index (χ2n) is 9.09. The number of nitrogen functional groups attached to an aromatic ring is 1. The van der Waals surface area contributed by atoms with Crippen LogP contribution in [-0.2, 0) is 13.0 Å². The smallest absolute Gasteiger partial charge is 0.154 e. The van der Waals surface area contributed by atoms with Crippen LogP contribution >= 0.6 is 11.3 Å². The van der Waals surface area contributed by atoms with Gasteiger partial charge in [-0.1, -0.05) is 18.2 Å². The van der Waals surface area contributed by atoms with Crippen molar-refractivity contribution in [2.45, 2.75) is 31.6 Å². The van der Waals surface area contributed by atoms with Gasteiger partial charge in [-0.05, 0) is 59.8 Å². The molecule has 2 aromatic carbocycles. The van der Waals surface area contributed by atoms with E-state index in [-0.39, 0.29) is 12.2 Å². The lowest BCUT2D eigenvalue weighted by atomic mass is 9.96. The maximum Gasteiger partial charge on any atom is 0.154 e. The van der Waals surface area contributed by atoms with Crippen LogP contribution in [-0.4, -0.2) is 41.8 Å². The minimum atomic E-state index is 0.00655. The van der Waals surface area contributed by atoms with E-state index in [1.165, 1.54) is 4.88 Å². The third-order valence-corrected chi connectivity index (χ3v) is 7.72. The zero-order valence-electron chi connectivity index (χ0n) is 19.3. The number of nitrogens with one attached hydrogen (secondary N) is 3. The van der Waals surface area contributed by atoms with Gasteiger partial charge >= 0.3 is 0 Å². The van der Waals surface area contributed by atoms with Crippen molar-refractivity contribution in [1.82, 2.24) is 15.6 Å². The number of nitrogens with zero attached hydrogens (tertiary/aromatic N) is 2. The van der Waals surface area contributed by atoms with E-state index in [4.69, 9.17) is 15.9 Å². The molecule has 3 aromatic rings. The van der Waals surface area contributed by atoms with Gasteiger partial charge in [0.2, 0.25) is 0 Å². The Morgan fingerprint density at radius 1 is 1.20 bits per heavy atom. The first-order valence-corrected chi connectivity index (χ1v) is 12.8. The molecule has 0 saturated heterocycles. The van der Waals surface area contributed by atoms with Gasteiger partial charge in [-0.2, -0.15) is 5.10 Å². The summed E-state index contributed by atoms with van der Waals surface area (Å²) in [6.07, 6.45) is 6.33. The van der Waals surface area contributed by atoms with Gasteiger partial charge in [-0.15, -0.1) is 11.3 Å². The maximum atomic E-state index is 8.85. The number of hydrazone groups is 1. The summed E-state index contributed by atoms with van der Waals surface area (Å²) in [6.45, 7) is 2.55. The average molecular weight is 485 g/mol. The third kappa shape index (κ3) is 4.31. The first-order chi connectivity index (χ1) is 17.2. The van der Waals surface area contributed by atoms with E-state index in [1.807, 2.05) is 36.4 Å². The lowest BCUT2D eigenvalue weighted by Gasteiger charge is -2.36. The molecule has 1 aromatic heterocycles. The van der Waals surface area contributed by atoms with Crippen molar-refractivity contribution in [2.75, 3.05) is 18.9 Å². The molecule has 2 unspecified atom stereocenters. The van der Waals surface area contributed by atoms with Gasteiger partial charge in [0.15, 0.2) is 5.84 Å². The molecule has 5 N–H and O–H groups in total. The fourth-order valence-electron chi connectivity index (χ4n) is 4.96. The Morgan fingerprint density at radius 2 is 2.14 bits per heavy atom. The largest absolute Gasteiger partial charge is 0.493 e. The standard InChI is InChI=1S/C27H28N6OS/c28-22-8-6-19(15-21(22)25(29)18-7-9-24-17(14-18)10-12-34-24)26-30-27(32-31-26)23-5-1-2-11-33(23)16-20-4-3-13-35-20/h1-4,6-9,13-15,23,27,29,32H,5,10-12,16,28H2,(H,30,31). The molecule has 0 spiro atoms. The predicted octanol–water partition coefficient (Wildman–Crippen LogP) is 3.69. The van der Waals surface area contributed by atoms with Crippen molar-refractivity contribution in [2.24, 2.45) is 5.10 Å². The van der Waals surface area contributed by atoms with Crippen LogP contribution in [0.4, 0.5) is 5.69 Å². The molecular formula is C27H28N6OS. The second kappa shape index (κ2) is 9.20. The fraction of sp³-hybridized carbons (Fsp3) is 0.259. The third-order valence-electron chi connectivity index (χ3n) is 6.86. The number of rotatable bonds is 6. The quantitative estimate of drug-likeness (QED) is 0.243. The van der Waals surface area contributed by atoms with Crippen molar-refractivity contribution < 1.29 is 4.74 Å². The Kier molecular flexibility index (Phi) is 5.75. The first kappa shape index (κ1) is 21.9. The van der Waals surface area contributed by atoms with Gasteiger partial charge in [-0.3, -0.25) is 15.7 Å². The summed E-state index contributed by atoms with van der Waals surface area (Å²) in [5, 5.41) is 19.2. The highest BCUT2D eigenvalue weighted by Crippen LogP contribution is 2.28. The molecule has 178 valence electrons. The molecule has 0 fully saturated rings. The molecule has 3 aliphatic rings. The number of nitrogens with two attached hydrogens (primary N) is 1. The molecule has 8 heteroatoms. The van der Waals surface area contributed by atoms with Crippen molar-refractivity contribution in [1.29, 1.82) is 5.41 Å². The number of amidine groups is 1.